The second-order valence-electron chi connectivity index (χ2n) is 6.36. The van der Waals surface area contributed by atoms with Crippen molar-refractivity contribution in [1.29, 1.82) is 0 Å². The highest BCUT2D eigenvalue weighted by Crippen LogP contribution is 2.26. The van der Waals surface area contributed by atoms with Gasteiger partial charge in [0.1, 0.15) is 0 Å². The van der Waals surface area contributed by atoms with Gasteiger partial charge in [-0.1, -0.05) is 18.2 Å². The summed E-state index contributed by atoms with van der Waals surface area (Å²) in [6.07, 6.45) is 2.87. The maximum Gasteiger partial charge on any atom is 0.243 e. The first-order valence-corrected chi connectivity index (χ1v) is 9.65. The molecular weight excluding hydrogens is 324 g/mol. The first kappa shape index (κ1) is 17.2. The van der Waals surface area contributed by atoms with Crippen molar-refractivity contribution in [3.05, 3.63) is 53.9 Å². The molecule has 1 aliphatic rings. The van der Waals surface area contributed by atoms with Gasteiger partial charge in [-0.3, -0.25) is 0 Å². The molecule has 1 aliphatic heterocycles. The Bertz CT molecular complexity index is 798. The molecule has 0 amide bonds. The van der Waals surface area contributed by atoms with E-state index in [2.05, 4.69) is 4.57 Å². The number of ether oxygens (including phenoxy) is 1. The minimum absolute atomic E-state index is 0.234. The first-order valence-electron chi connectivity index (χ1n) is 8.21. The van der Waals surface area contributed by atoms with Crippen LogP contribution < -0.4 is 0 Å². The Labute approximate surface area is 143 Å². The average Bonchev–Trinajstić information content (AvgIpc) is 2.91. The van der Waals surface area contributed by atoms with Gasteiger partial charge in [-0.25, -0.2) is 8.42 Å². The van der Waals surface area contributed by atoms with E-state index in [1.165, 1.54) is 0 Å². The van der Waals surface area contributed by atoms with E-state index in [9.17, 15) is 8.42 Å². The van der Waals surface area contributed by atoms with E-state index >= 15 is 0 Å². The minimum Gasteiger partial charge on any atom is -0.385 e. The third kappa shape index (κ3) is 3.41. The molecule has 0 radical (unpaired) electrons. The molecular formula is C18H24N2O3S. The predicted octanol–water partition coefficient (Wildman–Crippen LogP) is 2.65. The number of aromatic nitrogens is 1. The third-order valence-corrected chi connectivity index (χ3v) is 6.59. The highest BCUT2D eigenvalue weighted by Gasteiger charge is 2.31. The summed E-state index contributed by atoms with van der Waals surface area (Å²) in [5.74, 6) is 0.234. The van der Waals surface area contributed by atoms with Gasteiger partial charge in [0.15, 0.2) is 0 Å². The van der Waals surface area contributed by atoms with Crippen molar-refractivity contribution in [2.75, 3.05) is 20.3 Å². The number of benzene rings is 1. The van der Waals surface area contributed by atoms with E-state index < -0.39 is 10.0 Å². The van der Waals surface area contributed by atoms with E-state index in [1.54, 1.807) is 23.5 Å². The largest absolute Gasteiger partial charge is 0.385 e. The molecule has 0 bridgehead atoms. The maximum absolute atomic E-state index is 13.2. The Kier molecular flexibility index (Phi) is 5.08. The zero-order chi connectivity index (χ0) is 17.2. The van der Waals surface area contributed by atoms with Gasteiger partial charge in [0.05, 0.1) is 11.4 Å². The molecule has 1 unspecified atom stereocenters. The number of fused-ring (bicyclic) bond motifs is 1. The Morgan fingerprint density at radius 1 is 1.17 bits per heavy atom. The summed E-state index contributed by atoms with van der Waals surface area (Å²) in [6.45, 7) is 4.23. The predicted molar refractivity (Wildman–Crippen MR) is 93.2 cm³/mol. The molecule has 5 nitrogen and oxygen atoms in total. The smallest absolute Gasteiger partial charge is 0.243 e. The maximum atomic E-state index is 13.2. The molecule has 1 aromatic carbocycles. The molecule has 0 saturated heterocycles. The Morgan fingerprint density at radius 2 is 1.96 bits per heavy atom. The molecule has 2 aromatic rings. The van der Waals surface area contributed by atoms with Crippen LogP contribution in [0.4, 0.5) is 0 Å². The van der Waals surface area contributed by atoms with Crippen molar-refractivity contribution in [1.82, 2.24) is 8.87 Å². The second-order valence-corrected chi connectivity index (χ2v) is 8.27. The first-order chi connectivity index (χ1) is 11.5. The number of methoxy groups -OCH3 is 1. The van der Waals surface area contributed by atoms with Crippen LogP contribution in [0.2, 0.25) is 0 Å². The van der Waals surface area contributed by atoms with E-state index in [4.69, 9.17) is 4.74 Å². The standard InChI is InChI=1S/C18H24N2O3S/c1-15-6-3-4-8-18(15)24(21,22)20-13-16(9-11-23-2)12-19-10-5-7-17(19)14-20/h3-8,10,16H,9,11-14H2,1-2H3. The van der Waals surface area contributed by atoms with Crippen molar-refractivity contribution in [2.45, 2.75) is 31.3 Å². The average molecular weight is 348 g/mol. The van der Waals surface area contributed by atoms with Crippen LogP contribution in [0.15, 0.2) is 47.5 Å². The summed E-state index contributed by atoms with van der Waals surface area (Å²) in [5, 5.41) is 0. The summed E-state index contributed by atoms with van der Waals surface area (Å²) in [7, 11) is -1.84. The topological polar surface area (TPSA) is 51.5 Å². The zero-order valence-electron chi connectivity index (χ0n) is 14.2. The fraction of sp³-hybridized carbons (Fsp3) is 0.444. The minimum atomic E-state index is -3.52. The fourth-order valence-electron chi connectivity index (χ4n) is 3.28. The summed E-state index contributed by atoms with van der Waals surface area (Å²) in [4.78, 5) is 0.399. The van der Waals surface area contributed by atoms with E-state index in [0.717, 1.165) is 24.2 Å². The molecule has 0 aliphatic carbocycles. The third-order valence-electron chi connectivity index (χ3n) is 4.62. The summed E-state index contributed by atoms with van der Waals surface area (Å²) in [5.41, 5.74) is 1.82. The van der Waals surface area contributed by atoms with E-state index in [1.807, 2.05) is 37.4 Å². The normalized spacial score (nSPS) is 19.0. The molecule has 24 heavy (non-hydrogen) atoms. The molecule has 0 saturated carbocycles. The summed E-state index contributed by atoms with van der Waals surface area (Å²) >= 11 is 0. The molecule has 0 fully saturated rings. The molecule has 1 atom stereocenters. The lowest BCUT2D eigenvalue weighted by Gasteiger charge is -2.24. The van der Waals surface area contributed by atoms with Crippen LogP contribution in [-0.4, -0.2) is 37.6 Å². The van der Waals surface area contributed by atoms with Gasteiger partial charge in [-0.05, 0) is 43.0 Å². The molecule has 0 N–H and O–H groups in total. The monoisotopic (exact) mass is 348 g/mol. The number of hydrogen-bond donors (Lipinski definition) is 0. The molecule has 1 aromatic heterocycles. The van der Waals surface area contributed by atoms with E-state index in [0.29, 0.717) is 24.6 Å². The van der Waals surface area contributed by atoms with Crippen LogP contribution >= 0.6 is 0 Å². The summed E-state index contributed by atoms with van der Waals surface area (Å²) < 4.78 is 35.4. The lowest BCUT2D eigenvalue weighted by atomic mass is 10.1. The molecule has 2 heterocycles. The Morgan fingerprint density at radius 3 is 2.71 bits per heavy atom. The van der Waals surface area contributed by atoms with Gasteiger partial charge in [0, 0.05) is 38.7 Å². The van der Waals surface area contributed by atoms with Crippen LogP contribution in [0.1, 0.15) is 17.7 Å². The lowest BCUT2D eigenvalue weighted by Crippen LogP contribution is -2.34. The van der Waals surface area contributed by atoms with Gasteiger partial charge >= 0.3 is 0 Å². The van der Waals surface area contributed by atoms with Crippen molar-refractivity contribution >= 4 is 10.0 Å². The van der Waals surface area contributed by atoms with Crippen molar-refractivity contribution < 1.29 is 13.2 Å². The zero-order valence-corrected chi connectivity index (χ0v) is 15.0. The van der Waals surface area contributed by atoms with Gasteiger partial charge < -0.3 is 9.30 Å². The van der Waals surface area contributed by atoms with Gasteiger partial charge in [-0.15, -0.1) is 0 Å². The fourth-order valence-corrected chi connectivity index (χ4v) is 4.99. The quantitative estimate of drug-likeness (QED) is 0.835. The lowest BCUT2D eigenvalue weighted by molar-refractivity contribution is 0.167. The van der Waals surface area contributed by atoms with E-state index in [-0.39, 0.29) is 5.92 Å². The Hall–Kier alpha value is -1.63. The second kappa shape index (κ2) is 7.09. The van der Waals surface area contributed by atoms with Crippen LogP contribution in [0.3, 0.4) is 0 Å². The molecule has 130 valence electrons. The van der Waals surface area contributed by atoms with Crippen molar-refractivity contribution in [3.8, 4) is 0 Å². The number of sulfonamides is 1. The molecule has 6 heteroatoms. The SMILES string of the molecule is COCCC1CN(S(=O)(=O)c2ccccc2C)Cc2cccn2C1. The number of nitrogens with zero attached hydrogens (tertiary/aromatic N) is 2. The van der Waals surface area contributed by atoms with Gasteiger partial charge in [0.2, 0.25) is 10.0 Å². The van der Waals surface area contributed by atoms with Crippen LogP contribution in [0, 0.1) is 12.8 Å². The van der Waals surface area contributed by atoms with Crippen molar-refractivity contribution in [2.24, 2.45) is 5.92 Å². The van der Waals surface area contributed by atoms with Gasteiger partial charge in [-0.2, -0.15) is 4.31 Å². The van der Waals surface area contributed by atoms with Crippen LogP contribution in [0.5, 0.6) is 0 Å². The number of aryl methyl sites for hydroxylation is 1. The highest BCUT2D eigenvalue weighted by atomic mass is 32.2. The molecule has 3 rings (SSSR count). The van der Waals surface area contributed by atoms with Gasteiger partial charge in [0.25, 0.3) is 0 Å². The number of rotatable bonds is 5. The molecule has 0 spiro atoms. The Balaban J connectivity index is 1.95. The number of hydrogen-bond acceptors (Lipinski definition) is 3. The van der Waals surface area contributed by atoms with Crippen LogP contribution in [-0.2, 0) is 27.8 Å². The van der Waals surface area contributed by atoms with Crippen LogP contribution in [0.25, 0.3) is 0 Å². The highest BCUT2D eigenvalue weighted by molar-refractivity contribution is 7.89. The summed E-state index contributed by atoms with van der Waals surface area (Å²) in [6, 6.07) is 11.2. The van der Waals surface area contributed by atoms with Crippen molar-refractivity contribution in [3.63, 3.8) is 0 Å².